The second-order valence-corrected chi connectivity index (χ2v) is 13.5. The fourth-order valence-corrected chi connectivity index (χ4v) is 9.06. The van der Waals surface area contributed by atoms with Crippen molar-refractivity contribution in [2.45, 2.75) is 6.92 Å². The lowest BCUT2D eigenvalue weighted by atomic mass is 9.87. The molecule has 0 atom stereocenters. The van der Waals surface area contributed by atoms with Crippen LogP contribution in [0.3, 0.4) is 0 Å². The second kappa shape index (κ2) is 9.75. The molecular formula is C45H28S. The molecule has 0 amide bonds. The van der Waals surface area contributed by atoms with Crippen molar-refractivity contribution in [2.75, 3.05) is 0 Å². The molecule has 0 nitrogen and oxygen atoms in total. The van der Waals surface area contributed by atoms with E-state index in [0.717, 1.165) is 0 Å². The van der Waals surface area contributed by atoms with Gasteiger partial charge in [-0.05, 0) is 113 Å². The Morgan fingerprint density at radius 2 is 0.826 bits per heavy atom. The Morgan fingerprint density at radius 1 is 0.326 bits per heavy atom. The van der Waals surface area contributed by atoms with Crippen LogP contribution in [0.4, 0.5) is 0 Å². The summed E-state index contributed by atoms with van der Waals surface area (Å²) in [6.07, 6.45) is 0. The van der Waals surface area contributed by atoms with Gasteiger partial charge >= 0.3 is 0 Å². The Morgan fingerprint density at radius 3 is 1.52 bits per heavy atom. The van der Waals surface area contributed by atoms with Gasteiger partial charge in [-0.15, -0.1) is 11.3 Å². The molecule has 0 aliphatic heterocycles. The molecule has 0 N–H and O–H groups in total. The van der Waals surface area contributed by atoms with E-state index in [1.54, 1.807) is 0 Å². The van der Waals surface area contributed by atoms with Gasteiger partial charge in [-0.1, -0.05) is 127 Å². The Labute approximate surface area is 270 Å². The third-order valence-electron chi connectivity index (χ3n) is 10.0. The zero-order valence-corrected chi connectivity index (χ0v) is 26.2. The topological polar surface area (TPSA) is 0 Å². The summed E-state index contributed by atoms with van der Waals surface area (Å²) in [5.41, 5.74) is 6.44. The molecule has 1 aromatic heterocycles. The number of fused-ring (bicyclic) bond motifs is 13. The first-order valence-electron chi connectivity index (χ1n) is 15.9. The van der Waals surface area contributed by atoms with E-state index in [1.807, 2.05) is 11.3 Å². The van der Waals surface area contributed by atoms with Crippen LogP contribution in [-0.2, 0) is 0 Å². The van der Waals surface area contributed by atoms with Crippen LogP contribution >= 0.6 is 11.3 Å². The van der Waals surface area contributed by atoms with E-state index in [4.69, 9.17) is 0 Å². The molecule has 0 fully saturated rings. The first-order chi connectivity index (χ1) is 22.7. The summed E-state index contributed by atoms with van der Waals surface area (Å²) in [6, 6.07) is 56.3. The first kappa shape index (κ1) is 25.8. The molecule has 46 heavy (non-hydrogen) atoms. The first-order valence-corrected chi connectivity index (χ1v) is 16.8. The van der Waals surface area contributed by atoms with Crippen molar-refractivity contribution in [1.82, 2.24) is 0 Å². The van der Waals surface area contributed by atoms with Crippen molar-refractivity contribution < 1.29 is 0 Å². The van der Waals surface area contributed by atoms with E-state index in [1.165, 1.54) is 102 Å². The zero-order valence-electron chi connectivity index (χ0n) is 25.3. The molecule has 214 valence electrons. The number of hydrogen-bond donors (Lipinski definition) is 0. The third kappa shape index (κ3) is 3.61. The lowest BCUT2D eigenvalue weighted by molar-refractivity contribution is 1.53. The molecule has 0 saturated heterocycles. The van der Waals surface area contributed by atoms with Crippen LogP contribution in [-0.4, -0.2) is 0 Å². The maximum Gasteiger partial charge on any atom is 0.0362 e. The van der Waals surface area contributed by atoms with Gasteiger partial charge in [0.2, 0.25) is 0 Å². The van der Waals surface area contributed by atoms with Gasteiger partial charge in [-0.3, -0.25) is 0 Å². The standard InChI is InChI=1S/C45H28S/c1-27-31-13-5-10-18-37(31)44-38(43(27)28-11-3-2-4-12-28)22-24-42-45(44)40-26-30(20-23-41(40)46-42)29-19-21-36-34-16-7-6-14-32(34)33-15-8-9-17-35(33)39(36)25-29/h2-26H,1H3. The zero-order chi connectivity index (χ0) is 30.4. The van der Waals surface area contributed by atoms with Crippen molar-refractivity contribution in [3.8, 4) is 22.3 Å². The number of rotatable bonds is 2. The van der Waals surface area contributed by atoms with Crippen LogP contribution in [0.15, 0.2) is 152 Å². The maximum atomic E-state index is 2.44. The molecule has 0 aliphatic carbocycles. The number of thiophene rings is 1. The fourth-order valence-electron chi connectivity index (χ4n) is 7.97. The minimum absolute atomic E-state index is 1.25. The molecule has 0 bridgehead atoms. The van der Waals surface area contributed by atoms with Gasteiger partial charge in [0.15, 0.2) is 0 Å². The highest BCUT2D eigenvalue weighted by Gasteiger charge is 2.18. The lowest BCUT2D eigenvalue weighted by Gasteiger charge is -2.16. The van der Waals surface area contributed by atoms with Crippen LogP contribution in [0.2, 0.25) is 0 Å². The van der Waals surface area contributed by atoms with Crippen molar-refractivity contribution in [1.29, 1.82) is 0 Å². The van der Waals surface area contributed by atoms with Gasteiger partial charge in [-0.2, -0.15) is 0 Å². The predicted octanol–water partition coefficient (Wildman–Crippen LogP) is 13.5. The molecule has 1 heteroatoms. The Kier molecular flexibility index (Phi) is 5.47. The summed E-state index contributed by atoms with van der Waals surface area (Å²) in [6.45, 7) is 2.28. The summed E-state index contributed by atoms with van der Waals surface area (Å²) in [5.74, 6) is 0. The van der Waals surface area contributed by atoms with E-state index >= 15 is 0 Å². The van der Waals surface area contributed by atoms with Crippen molar-refractivity contribution >= 4 is 85.4 Å². The van der Waals surface area contributed by atoms with Crippen LogP contribution in [0, 0.1) is 6.92 Å². The van der Waals surface area contributed by atoms with Crippen molar-refractivity contribution in [3.05, 3.63) is 157 Å². The predicted molar refractivity (Wildman–Crippen MR) is 202 cm³/mol. The van der Waals surface area contributed by atoms with E-state index in [-0.39, 0.29) is 0 Å². The quantitative estimate of drug-likeness (QED) is 0.173. The molecule has 9 aromatic carbocycles. The van der Waals surface area contributed by atoms with Gasteiger partial charge in [0, 0.05) is 20.2 Å². The highest BCUT2D eigenvalue weighted by molar-refractivity contribution is 7.26. The van der Waals surface area contributed by atoms with Crippen molar-refractivity contribution in [2.24, 2.45) is 0 Å². The highest BCUT2D eigenvalue weighted by Crippen LogP contribution is 2.47. The minimum atomic E-state index is 1.25. The second-order valence-electron chi connectivity index (χ2n) is 12.4. The van der Waals surface area contributed by atoms with Gasteiger partial charge in [0.05, 0.1) is 0 Å². The average molecular weight is 601 g/mol. The molecule has 10 aromatic rings. The fraction of sp³-hybridized carbons (Fsp3) is 0.0222. The Hall–Kier alpha value is -5.50. The smallest absolute Gasteiger partial charge is 0.0362 e. The Balaban J connectivity index is 1.29. The summed E-state index contributed by atoms with van der Waals surface area (Å²) in [4.78, 5) is 0. The highest BCUT2D eigenvalue weighted by atomic mass is 32.1. The summed E-state index contributed by atoms with van der Waals surface area (Å²) in [5, 5.41) is 15.9. The Bertz CT molecular complexity index is 2820. The molecule has 0 aliphatic rings. The van der Waals surface area contributed by atoms with Crippen LogP contribution < -0.4 is 0 Å². The van der Waals surface area contributed by atoms with Crippen molar-refractivity contribution in [3.63, 3.8) is 0 Å². The van der Waals surface area contributed by atoms with E-state index in [9.17, 15) is 0 Å². The number of hydrogen-bond acceptors (Lipinski definition) is 1. The number of benzene rings is 9. The molecule has 0 spiro atoms. The van der Waals surface area contributed by atoms with Crippen LogP contribution in [0.25, 0.3) is 96.3 Å². The molecular weight excluding hydrogens is 573 g/mol. The molecule has 0 radical (unpaired) electrons. The largest absolute Gasteiger partial charge is 0.135 e. The maximum absolute atomic E-state index is 2.44. The van der Waals surface area contributed by atoms with E-state index < -0.39 is 0 Å². The lowest BCUT2D eigenvalue weighted by Crippen LogP contribution is -1.90. The van der Waals surface area contributed by atoms with Crippen LogP contribution in [0.5, 0.6) is 0 Å². The monoisotopic (exact) mass is 600 g/mol. The molecule has 0 saturated carbocycles. The van der Waals surface area contributed by atoms with Crippen LogP contribution in [0.1, 0.15) is 5.56 Å². The number of aryl methyl sites for hydroxylation is 1. The van der Waals surface area contributed by atoms with E-state index in [2.05, 4.69) is 159 Å². The third-order valence-corrected chi connectivity index (χ3v) is 11.2. The van der Waals surface area contributed by atoms with Gasteiger partial charge in [0.25, 0.3) is 0 Å². The van der Waals surface area contributed by atoms with Gasteiger partial charge in [0.1, 0.15) is 0 Å². The normalized spacial score (nSPS) is 12.0. The average Bonchev–Trinajstić information content (AvgIpc) is 3.50. The molecule has 10 rings (SSSR count). The molecule has 0 unspecified atom stereocenters. The SMILES string of the molecule is Cc1c(-c2ccccc2)c2ccc3sc4ccc(-c5ccc6c7ccccc7c7ccccc7c6c5)cc4c3c2c2ccccc12. The summed E-state index contributed by atoms with van der Waals surface area (Å²) < 4.78 is 2.66. The minimum Gasteiger partial charge on any atom is -0.135 e. The van der Waals surface area contributed by atoms with Gasteiger partial charge < -0.3 is 0 Å². The summed E-state index contributed by atoms with van der Waals surface area (Å²) in [7, 11) is 0. The van der Waals surface area contributed by atoms with Gasteiger partial charge in [-0.25, -0.2) is 0 Å². The van der Waals surface area contributed by atoms with E-state index in [0.29, 0.717) is 0 Å². The molecule has 1 heterocycles. The summed E-state index contributed by atoms with van der Waals surface area (Å²) >= 11 is 1.90.